The Balaban J connectivity index is 3.02. The van der Waals surface area contributed by atoms with E-state index in [1.807, 2.05) is 6.92 Å². The molecule has 1 N–H and O–H groups in total. The van der Waals surface area contributed by atoms with Crippen molar-refractivity contribution < 1.29 is 22.7 Å². The topological polar surface area (TPSA) is 38.3 Å². The second-order valence-corrected chi connectivity index (χ2v) is 4.53. The highest BCUT2D eigenvalue weighted by Crippen LogP contribution is 2.35. The molecule has 7 heteroatoms. The van der Waals surface area contributed by atoms with Crippen LogP contribution in [0.4, 0.5) is 18.9 Å². The first kappa shape index (κ1) is 16.7. The second-order valence-electron chi connectivity index (χ2n) is 4.08. The molecule has 1 amide bonds. The van der Waals surface area contributed by atoms with E-state index in [1.54, 1.807) is 0 Å². The van der Waals surface area contributed by atoms with Gasteiger partial charge in [0.1, 0.15) is 5.75 Å². The smallest absolute Gasteiger partial charge is 0.416 e. The Morgan fingerprint density at radius 2 is 2.10 bits per heavy atom. The fraction of sp³-hybridized carbons (Fsp3) is 0.462. The zero-order chi connectivity index (χ0) is 15.2. The van der Waals surface area contributed by atoms with Crippen LogP contribution in [0.1, 0.15) is 25.3 Å². The first-order chi connectivity index (χ1) is 9.38. The predicted octanol–water partition coefficient (Wildman–Crippen LogP) is 3.75. The number of benzene rings is 1. The van der Waals surface area contributed by atoms with Gasteiger partial charge in [0.25, 0.3) is 0 Å². The molecule has 0 aliphatic heterocycles. The number of carbonyl (C=O) groups is 1. The van der Waals surface area contributed by atoms with Gasteiger partial charge in [-0.1, -0.05) is 6.92 Å². The lowest BCUT2D eigenvalue weighted by Gasteiger charge is -2.15. The van der Waals surface area contributed by atoms with Crippen LogP contribution in [0.25, 0.3) is 0 Å². The summed E-state index contributed by atoms with van der Waals surface area (Å²) in [7, 11) is 0. The van der Waals surface area contributed by atoms with Crippen LogP contribution in [0, 0.1) is 0 Å². The molecule has 0 aliphatic rings. The maximum atomic E-state index is 12.7. The number of nitrogens with one attached hydrogen (secondary N) is 1. The average molecular weight is 307 g/mol. The quantitative estimate of drug-likeness (QED) is 0.786. The third-order valence-corrected chi connectivity index (χ3v) is 2.61. The van der Waals surface area contributed by atoms with E-state index < -0.39 is 17.6 Å². The van der Waals surface area contributed by atoms with Crippen LogP contribution < -0.4 is 10.1 Å². The van der Waals surface area contributed by atoms with Crippen molar-refractivity contribution in [2.45, 2.75) is 25.9 Å². The lowest BCUT2D eigenvalue weighted by molar-refractivity contribution is -0.137. The maximum Gasteiger partial charge on any atom is 0.416 e. The van der Waals surface area contributed by atoms with E-state index in [4.69, 9.17) is 4.74 Å². The van der Waals surface area contributed by atoms with E-state index in [2.05, 4.69) is 17.9 Å². The molecular formula is C13H16F3NO2S. The van der Waals surface area contributed by atoms with Crippen molar-refractivity contribution in [1.29, 1.82) is 0 Å². The van der Waals surface area contributed by atoms with E-state index in [0.29, 0.717) is 18.8 Å². The first-order valence-electron chi connectivity index (χ1n) is 6.13. The van der Waals surface area contributed by atoms with E-state index in [0.717, 1.165) is 12.1 Å². The van der Waals surface area contributed by atoms with Gasteiger partial charge in [-0.2, -0.15) is 25.8 Å². The summed E-state index contributed by atoms with van der Waals surface area (Å²) in [5.41, 5.74) is -0.803. The standard InChI is InChI=1S/C13H16F3NO2S/c1-2-6-19-11-4-3-9(13(14,15)16)8-10(11)17-12(18)5-7-20/h3-4,8,20H,2,5-7H2,1H3,(H,17,18). The zero-order valence-corrected chi connectivity index (χ0v) is 11.9. The van der Waals surface area contributed by atoms with Crippen molar-refractivity contribution in [2.75, 3.05) is 17.7 Å². The molecule has 0 saturated carbocycles. The minimum Gasteiger partial charge on any atom is -0.491 e. The molecule has 1 aromatic carbocycles. The van der Waals surface area contributed by atoms with E-state index in [-0.39, 0.29) is 17.9 Å². The molecule has 112 valence electrons. The van der Waals surface area contributed by atoms with Crippen LogP contribution >= 0.6 is 12.6 Å². The first-order valence-corrected chi connectivity index (χ1v) is 6.76. The molecule has 0 unspecified atom stereocenters. The lowest BCUT2D eigenvalue weighted by atomic mass is 10.1. The number of amides is 1. The number of halogens is 3. The fourth-order valence-electron chi connectivity index (χ4n) is 1.46. The fourth-order valence-corrected chi connectivity index (χ4v) is 1.66. The van der Waals surface area contributed by atoms with E-state index >= 15 is 0 Å². The van der Waals surface area contributed by atoms with Crippen LogP contribution in [0.5, 0.6) is 5.75 Å². The van der Waals surface area contributed by atoms with Gasteiger partial charge in [0.15, 0.2) is 0 Å². The highest BCUT2D eigenvalue weighted by Gasteiger charge is 2.31. The third-order valence-electron chi connectivity index (χ3n) is 2.38. The summed E-state index contributed by atoms with van der Waals surface area (Å²) in [4.78, 5) is 11.5. The lowest BCUT2D eigenvalue weighted by Crippen LogP contribution is -2.14. The van der Waals surface area contributed by atoms with Gasteiger partial charge in [0.2, 0.25) is 5.91 Å². The van der Waals surface area contributed by atoms with Crippen LogP contribution in [-0.2, 0) is 11.0 Å². The van der Waals surface area contributed by atoms with Crippen molar-refractivity contribution >= 4 is 24.2 Å². The summed E-state index contributed by atoms with van der Waals surface area (Å²) in [6.07, 6.45) is -3.63. The highest BCUT2D eigenvalue weighted by molar-refractivity contribution is 7.80. The maximum absolute atomic E-state index is 12.7. The molecule has 0 atom stereocenters. The van der Waals surface area contributed by atoms with Crippen LogP contribution in [0.3, 0.4) is 0 Å². The Morgan fingerprint density at radius 1 is 1.40 bits per heavy atom. The molecule has 0 heterocycles. The van der Waals surface area contributed by atoms with Gasteiger partial charge in [0.05, 0.1) is 17.9 Å². The van der Waals surface area contributed by atoms with Gasteiger partial charge in [-0.15, -0.1) is 0 Å². The van der Waals surface area contributed by atoms with Crippen molar-refractivity contribution in [3.8, 4) is 5.75 Å². The molecule has 1 rings (SSSR count). The summed E-state index contributed by atoms with van der Waals surface area (Å²) in [6.45, 7) is 2.24. The van der Waals surface area contributed by atoms with Crippen molar-refractivity contribution in [1.82, 2.24) is 0 Å². The largest absolute Gasteiger partial charge is 0.491 e. The normalized spacial score (nSPS) is 11.2. The SMILES string of the molecule is CCCOc1ccc(C(F)(F)F)cc1NC(=O)CCS. The summed E-state index contributed by atoms with van der Waals surface area (Å²) < 4.78 is 43.3. The molecule has 0 fully saturated rings. The number of ether oxygens (including phenoxy) is 1. The Hall–Kier alpha value is -1.37. The van der Waals surface area contributed by atoms with Crippen molar-refractivity contribution in [3.63, 3.8) is 0 Å². The Morgan fingerprint density at radius 3 is 2.65 bits per heavy atom. The molecule has 3 nitrogen and oxygen atoms in total. The van der Waals surface area contributed by atoms with Crippen molar-refractivity contribution in [3.05, 3.63) is 23.8 Å². The number of alkyl halides is 3. The molecule has 0 aliphatic carbocycles. The summed E-state index contributed by atoms with van der Waals surface area (Å²) in [5.74, 6) is 0.142. The Labute approximate surface area is 120 Å². The molecule has 0 saturated heterocycles. The minimum atomic E-state index is -4.47. The molecule has 0 aromatic heterocycles. The molecule has 20 heavy (non-hydrogen) atoms. The summed E-state index contributed by atoms with van der Waals surface area (Å²) in [5, 5.41) is 2.42. The molecule has 1 aromatic rings. The van der Waals surface area contributed by atoms with Crippen molar-refractivity contribution in [2.24, 2.45) is 0 Å². The number of carbonyl (C=O) groups excluding carboxylic acids is 1. The van der Waals surface area contributed by atoms with Gasteiger partial charge in [-0.3, -0.25) is 4.79 Å². The van der Waals surface area contributed by atoms with Gasteiger partial charge < -0.3 is 10.1 Å². The summed E-state index contributed by atoms with van der Waals surface area (Å²) in [6, 6.07) is 3.02. The Bertz CT molecular complexity index is 463. The predicted molar refractivity (Wildman–Crippen MR) is 74.3 cm³/mol. The number of rotatable bonds is 6. The molecule has 0 bridgehead atoms. The number of hydrogen-bond donors (Lipinski definition) is 2. The van der Waals surface area contributed by atoms with Gasteiger partial charge in [-0.05, 0) is 30.4 Å². The monoisotopic (exact) mass is 307 g/mol. The van der Waals surface area contributed by atoms with E-state index in [1.165, 1.54) is 6.07 Å². The highest BCUT2D eigenvalue weighted by atomic mass is 32.1. The average Bonchev–Trinajstić information content (AvgIpc) is 2.36. The molecule has 0 radical (unpaired) electrons. The number of anilines is 1. The van der Waals surface area contributed by atoms with Gasteiger partial charge in [-0.25, -0.2) is 0 Å². The molecule has 0 spiro atoms. The van der Waals surface area contributed by atoms with Crippen LogP contribution in [0.15, 0.2) is 18.2 Å². The minimum absolute atomic E-state index is 0.0278. The van der Waals surface area contributed by atoms with Crippen LogP contribution in [-0.4, -0.2) is 18.3 Å². The van der Waals surface area contributed by atoms with E-state index in [9.17, 15) is 18.0 Å². The number of thiol groups is 1. The van der Waals surface area contributed by atoms with Gasteiger partial charge in [0, 0.05) is 6.42 Å². The molecular weight excluding hydrogens is 291 g/mol. The second kappa shape index (κ2) is 7.42. The van der Waals surface area contributed by atoms with Crippen LogP contribution in [0.2, 0.25) is 0 Å². The Kier molecular flexibility index (Phi) is 6.19. The third kappa shape index (κ3) is 4.96. The van der Waals surface area contributed by atoms with Gasteiger partial charge >= 0.3 is 6.18 Å². The number of hydrogen-bond acceptors (Lipinski definition) is 3. The zero-order valence-electron chi connectivity index (χ0n) is 11.0. The summed E-state index contributed by atoms with van der Waals surface area (Å²) >= 11 is 3.90.